The van der Waals surface area contributed by atoms with E-state index in [1.54, 1.807) is 6.07 Å². The minimum Gasteiger partial charge on any atom is -0.478 e. The molecule has 19 heavy (non-hydrogen) atoms. The molecule has 0 heterocycles. The van der Waals surface area contributed by atoms with E-state index in [4.69, 9.17) is 10.2 Å². The van der Waals surface area contributed by atoms with E-state index in [-0.39, 0.29) is 22.2 Å². The van der Waals surface area contributed by atoms with Gasteiger partial charge in [-0.1, -0.05) is 12.1 Å². The molecule has 94 valence electrons. The number of aromatic carboxylic acids is 2. The van der Waals surface area contributed by atoms with E-state index in [0.29, 0.717) is 5.39 Å². The van der Waals surface area contributed by atoms with Gasteiger partial charge in [-0.25, -0.2) is 14.4 Å². The summed E-state index contributed by atoms with van der Waals surface area (Å²) in [6, 6.07) is 6.87. The lowest BCUT2D eigenvalue weighted by Crippen LogP contribution is -2.00. The maximum absolute atomic E-state index is 11.1. The van der Waals surface area contributed by atoms with Crippen LogP contribution in [0.1, 0.15) is 20.7 Å². The second-order valence-corrected chi connectivity index (χ2v) is 3.71. The number of carbonyl (C=O) groups is 2. The summed E-state index contributed by atoms with van der Waals surface area (Å²) < 4.78 is 0. The number of carbonyl (C=O) groups excluding carboxylic acids is 1. The van der Waals surface area contributed by atoms with Gasteiger partial charge in [0.05, 0.1) is 16.8 Å². The SMILES string of the molecule is O=C=Nc1cc(C(=O)O)cc2cccc(C(=O)O)c12. The molecule has 0 spiro atoms. The predicted octanol–water partition coefficient (Wildman–Crippen LogP) is 2.20. The normalized spacial score (nSPS) is 9.89. The molecule has 0 fully saturated rings. The molecule has 2 aromatic rings. The maximum atomic E-state index is 11.1. The number of isocyanates is 1. The Morgan fingerprint density at radius 1 is 1.11 bits per heavy atom. The largest absolute Gasteiger partial charge is 0.478 e. The number of nitrogens with zero attached hydrogens (tertiary/aromatic N) is 1. The quantitative estimate of drug-likeness (QED) is 0.647. The second-order valence-electron chi connectivity index (χ2n) is 3.71. The number of carboxylic acids is 2. The molecule has 0 aromatic heterocycles. The van der Waals surface area contributed by atoms with Gasteiger partial charge < -0.3 is 10.2 Å². The Balaban J connectivity index is 2.95. The Bertz CT molecular complexity index is 744. The average Bonchev–Trinajstić information content (AvgIpc) is 2.37. The number of carboxylic acid groups (broad SMARTS) is 2. The van der Waals surface area contributed by atoms with Crippen molar-refractivity contribution in [2.45, 2.75) is 0 Å². The highest BCUT2D eigenvalue weighted by Crippen LogP contribution is 2.31. The Labute approximate surface area is 106 Å². The van der Waals surface area contributed by atoms with Gasteiger partial charge in [0, 0.05) is 5.39 Å². The van der Waals surface area contributed by atoms with E-state index in [1.807, 2.05) is 0 Å². The topological polar surface area (TPSA) is 104 Å². The molecule has 0 amide bonds. The Hall–Kier alpha value is -2.98. The van der Waals surface area contributed by atoms with Gasteiger partial charge in [0.2, 0.25) is 6.08 Å². The summed E-state index contributed by atoms with van der Waals surface area (Å²) in [5, 5.41) is 18.7. The van der Waals surface area contributed by atoms with Crippen molar-refractivity contribution in [1.29, 1.82) is 0 Å². The van der Waals surface area contributed by atoms with Crippen LogP contribution in [-0.4, -0.2) is 28.2 Å². The molecule has 0 saturated carbocycles. The number of aliphatic imine (C=N–C) groups is 1. The summed E-state index contributed by atoms with van der Waals surface area (Å²) in [5.41, 5.74) is -0.157. The second kappa shape index (κ2) is 4.72. The molecule has 6 heteroatoms. The summed E-state index contributed by atoms with van der Waals surface area (Å²) in [6.45, 7) is 0. The third-order valence-electron chi connectivity index (χ3n) is 2.60. The Morgan fingerprint density at radius 2 is 1.84 bits per heavy atom. The number of benzene rings is 2. The predicted molar refractivity (Wildman–Crippen MR) is 65.6 cm³/mol. The molecule has 0 radical (unpaired) electrons. The van der Waals surface area contributed by atoms with Gasteiger partial charge in [0.25, 0.3) is 0 Å². The van der Waals surface area contributed by atoms with Crippen LogP contribution in [0.3, 0.4) is 0 Å². The summed E-state index contributed by atoms with van der Waals surface area (Å²) in [6.07, 6.45) is 1.30. The van der Waals surface area contributed by atoms with Gasteiger partial charge >= 0.3 is 11.9 Å². The zero-order chi connectivity index (χ0) is 14.0. The van der Waals surface area contributed by atoms with E-state index in [0.717, 1.165) is 6.07 Å². The number of hydrogen-bond donors (Lipinski definition) is 2. The van der Waals surface area contributed by atoms with E-state index in [9.17, 15) is 14.4 Å². The first kappa shape index (κ1) is 12.5. The molecule has 0 unspecified atom stereocenters. The van der Waals surface area contributed by atoms with Gasteiger partial charge in [-0.15, -0.1) is 0 Å². The van der Waals surface area contributed by atoms with E-state index < -0.39 is 11.9 Å². The highest BCUT2D eigenvalue weighted by molar-refractivity contribution is 6.10. The van der Waals surface area contributed by atoms with Gasteiger partial charge in [-0.05, 0) is 23.6 Å². The van der Waals surface area contributed by atoms with E-state index in [2.05, 4.69) is 4.99 Å². The van der Waals surface area contributed by atoms with E-state index >= 15 is 0 Å². The van der Waals surface area contributed by atoms with Crippen LogP contribution in [0.5, 0.6) is 0 Å². The lowest BCUT2D eigenvalue weighted by molar-refractivity contribution is 0.0688. The number of rotatable bonds is 3. The van der Waals surface area contributed by atoms with Crippen molar-refractivity contribution in [3.8, 4) is 0 Å². The van der Waals surface area contributed by atoms with Crippen LogP contribution in [0.2, 0.25) is 0 Å². The monoisotopic (exact) mass is 257 g/mol. The van der Waals surface area contributed by atoms with Crippen LogP contribution < -0.4 is 0 Å². The molecule has 2 aromatic carbocycles. The molecule has 2 N–H and O–H groups in total. The third kappa shape index (κ3) is 2.20. The highest BCUT2D eigenvalue weighted by atomic mass is 16.4. The van der Waals surface area contributed by atoms with Crippen LogP contribution in [0, 0.1) is 0 Å². The summed E-state index contributed by atoms with van der Waals surface area (Å²) >= 11 is 0. The maximum Gasteiger partial charge on any atom is 0.336 e. The summed E-state index contributed by atoms with van der Waals surface area (Å²) in [4.78, 5) is 35.9. The van der Waals surface area contributed by atoms with Crippen LogP contribution in [0.25, 0.3) is 10.8 Å². The van der Waals surface area contributed by atoms with Gasteiger partial charge in [-0.3, -0.25) is 0 Å². The molecular formula is C13H7NO5. The van der Waals surface area contributed by atoms with Crippen molar-refractivity contribution in [2.75, 3.05) is 0 Å². The zero-order valence-electron chi connectivity index (χ0n) is 9.45. The smallest absolute Gasteiger partial charge is 0.336 e. The molecular weight excluding hydrogens is 250 g/mol. The van der Waals surface area contributed by atoms with Crippen molar-refractivity contribution >= 4 is 34.5 Å². The zero-order valence-corrected chi connectivity index (χ0v) is 9.45. The highest BCUT2D eigenvalue weighted by Gasteiger charge is 2.15. The summed E-state index contributed by atoms with van der Waals surface area (Å²) in [5.74, 6) is -2.37. The van der Waals surface area contributed by atoms with Crippen LogP contribution >= 0.6 is 0 Å². The van der Waals surface area contributed by atoms with Crippen molar-refractivity contribution in [3.05, 3.63) is 41.5 Å². The minimum atomic E-state index is -1.19. The van der Waals surface area contributed by atoms with Crippen molar-refractivity contribution in [3.63, 3.8) is 0 Å². The van der Waals surface area contributed by atoms with Crippen molar-refractivity contribution in [2.24, 2.45) is 4.99 Å². The minimum absolute atomic E-state index is 0.0251. The fourth-order valence-electron chi connectivity index (χ4n) is 1.84. The Kier molecular flexibility index (Phi) is 3.10. The number of fused-ring (bicyclic) bond motifs is 1. The van der Waals surface area contributed by atoms with Crippen LogP contribution in [0.15, 0.2) is 35.3 Å². The van der Waals surface area contributed by atoms with Gasteiger partial charge in [-0.2, -0.15) is 4.99 Å². The van der Waals surface area contributed by atoms with Gasteiger partial charge in [0.1, 0.15) is 0 Å². The first-order valence-corrected chi connectivity index (χ1v) is 5.16. The molecule has 0 saturated heterocycles. The van der Waals surface area contributed by atoms with Gasteiger partial charge in [0.15, 0.2) is 0 Å². The molecule has 6 nitrogen and oxygen atoms in total. The lowest BCUT2D eigenvalue weighted by atomic mass is 10.00. The molecule has 0 aliphatic rings. The first-order valence-electron chi connectivity index (χ1n) is 5.16. The molecule has 0 aliphatic heterocycles. The Morgan fingerprint density at radius 3 is 2.42 bits per heavy atom. The molecule has 2 rings (SSSR count). The number of hydrogen-bond acceptors (Lipinski definition) is 4. The fourth-order valence-corrected chi connectivity index (χ4v) is 1.84. The van der Waals surface area contributed by atoms with Crippen molar-refractivity contribution in [1.82, 2.24) is 0 Å². The molecule has 0 atom stereocenters. The van der Waals surface area contributed by atoms with Crippen LogP contribution in [-0.2, 0) is 4.79 Å². The van der Waals surface area contributed by atoms with Crippen LogP contribution in [0.4, 0.5) is 5.69 Å². The first-order chi connectivity index (χ1) is 9.04. The average molecular weight is 257 g/mol. The lowest BCUT2D eigenvalue weighted by Gasteiger charge is -2.06. The van der Waals surface area contributed by atoms with Crippen molar-refractivity contribution < 1.29 is 24.6 Å². The summed E-state index contributed by atoms with van der Waals surface area (Å²) in [7, 11) is 0. The standard InChI is InChI=1S/C13H7NO5/c15-6-14-10-5-8(12(16)17)4-7-2-1-3-9(11(7)10)13(18)19/h1-5H,(H,16,17)(H,18,19). The molecule has 0 bridgehead atoms. The molecule has 0 aliphatic carbocycles. The fraction of sp³-hybridized carbons (Fsp3) is 0. The van der Waals surface area contributed by atoms with E-state index in [1.165, 1.54) is 24.3 Å². The third-order valence-corrected chi connectivity index (χ3v) is 2.60.